The maximum absolute atomic E-state index is 12.9. The van der Waals surface area contributed by atoms with Crippen LogP contribution in [0.4, 0.5) is 4.39 Å². The van der Waals surface area contributed by atoms with Crippen molar-refractivity contribution in [3.05, 3.63) is 71.5 Å². The van der Waals surface area contributed by atoms with Gasteiger partial charge in [-0.2, -0.15) is 0 Å². The lowest BCUT2D eigenvalue weighted by Crippen LogP contribution is -2.18. The Hall–Kier alpha value is -2.49. The van der Waals surface area contributed by atoms with Crippen molar-refractivity contribution in [1.29, 1.82) is 0 Å². The van der Waals surface area contributed by atoms with Crippen LogP contribution in [0, 0.1) is 5.82 Å². The first-order valence-electron chi connectivity index (χ1n) is 6.60. The van der Waals surface area contributed by atoms with Gasteiger partial charge in [-0.25, -0.2) is 4.39 Å². The van der Waals surface area contributed by atoms with Crippen molar-refractivity contribution in [2.24, 2.45) is 0 Å². The highest BCUT2D eigenvalue weighted by atomic mass is 19.1. The van der Waals surface area contributed by atoms with Gasteiger partial charge in [0.1, 0.15) is 11.6 Å². The first-order chi connectivity index (χ1) is 10.1. The maximum Gasteiger partial charge on any atom is 0.304 e. The van der Waals surface area contributed by atoms with Crippen molar-refractivity contribution in [1.82, 2.24) is 0 Å². The fourth-order valence-electron chi connectivity index (χ4n) is 2.20. The minimum absolute atomic E-state index is 0.0904. The summed E-state index contributed by atoms with van der Waals surface area (Å²) >= 11 is 0. The third kappa shape index (κ3) is 4.24. The lowest BCUT2D eigenvalue weighted by molar-refractivity contribution is -0.139. The van der Waals surface area contributed by atoms with Gasteiger partial charge in [0.2, 0.25) is 0 Å². The van der Waals surface area contributed by atoms with Crippen LogP contribution in [0.2, 0.25) is 0 Å². The Bertz CT molecular complexity index is 620. The lowest BCUT2D eigenvalue weighted by atomic mass is 9.88. The summed E-state index contributed by atoms with van der Waals surface area (Å²) in [7, 11) is 0. The topological polar surface area (TPSA) is 54.4 Å². The minimum atomic E-state index is -1.02. The Morgan fingerprint density at radius 2 is 1.62 bits per heavy atom. The summed E-state index contributed by atoms with van der Waals surface area (Å²) in [6.45, 7) is 0. The molecular weight excluding hydrogens is 271 g/mol. The van der Waals surface area contributed by atoms with E-state index in [1.165, 1.54) is 24.3 Å². The molecule has 0 aliphatic carbocycles. The third-order valence-corrected chi connectivity index (χ3v) is 3.26. The summed E-state index contributed by atoms with van der Waals surface area (Å²) in [4.78, 5) is 23.4. The van der Waals surface area contributed by atoms with Gasteiger partial charge in [0.05, 0.1) is 12.3 Å². The molecule has 0 saturated heterocycles. The normalized spacial score (nSPS) is 11.9. The second-order valence-corrected chi connectivity index (χ2v) is 4.83. The molecule has 2 rings (SSSR count). The van der Waals surface area contributed by atoms with Crippen LogP contribution in [0.3, 0.4) is 0 Å². The Kier molecular flexibility index (Phi) is 4.82. The molecule has 1 N–H and O–H groups in total. The highest BCUT2D eigenvalue weighted by Crippen LogP contribution is 2.22. The van der Waals surface area contributed by atoms with E-state index in [2.05, 4.69) is 0 Å². The predicted molar refractivity (Wildman–Crippen MR) is 76.5 cm³/mol. The van der Waals surface area contributed by atoms with Crippen molar-refractivity contribution < 1.29 is 19.1 Å². The van der Waals surface area contributed by atoms with Gasteiger partial charge in [0.25, 0.3) is 0 Å². The molecule has 1 atom stereocenters. The van der Waals surface area contributed by atoms with E-state index in [1.54, 1.807) is 24.3 Å². The molecule has 0 spiro atoms. The molecule has 2 aromatic carbocycles. The highest BCUT2D eigenvalue weighted by molar-refractivity contribution is 5.90. The van der Waals surface area contributed by atoms with Crippen LogP contribution in [-0.2, 0) is 16.0 Å². The van der Waals surface area contributed by atoms with E-state index in [0.717, 1.165) is 0 Å². The summed E-state index contributed by atoms with van der Waals surface area (Å²) in [6.07, 6.45) is -0.156. The first-order valence-corrected chi connectivity index (χ1v) is 6.60. The summed E-state index contributed by atoms with van der Waals surface area (Å²) < 4.78 is 12.9. The quantitative estimate of drug-likeness (QED) is 0.887. The Morgan fingerprint density at radius 3 is 2.19 bits per heavy atom. The number of hydrogen-bond donors (Lipinski definition) is 1. The highest BCUT2D eigenvalue weighted by Gasteiger charge is 2.23. The number of aliphatic carboxylic acids is 1. The molecule has 0 saturated carbocycles. The van der Waals surface area contributed by atoms with Crippen molar-refractivity contribution in [3.8, 4) is 0 Å². The predicted octanol–water partition coefficient (Wildman–Crippen LogP) is 3.20. The molecule has 21 heavy (non-hydrogen) atoms. The zero-order valence-corrected chi connectivity index (χ0v) is 11.3. The summed E-state index contributed by atoms with van der Waals surface area (Å²) in [5, 5.41) is 8.99. The van der Waals surface area contributed by atoms with Crippen LogP contribution in [0.1, 0.15) is 23.5 Å². The van der Waals surface area contributed by atoms with Gasteiger partial charge in [-0.05, 0) is 23.3 Å². The molecule has 0 heterocycles. The molecule has 0 aliphatic rings. The van der Waals surface area contributed by atoms with E-state index in [4.69, 9.17) is 5.11 Å². The average molecular weight is 286 g/mol. The van der Waals surface area contributed by atoms with E-state index in [9.17, 15) is 14.0 Å². The SMILES string of the molecule is O=C(O)CC(C(=O)Cc1ccc(F)cc1)c1ccccc1. The van der Waals surface area contributed by atoms with Crippen LogP contribution in [0.5, 0.6) is 0 Å². The van der Waals surface area contributed by atoms with Crippen LogP contribution in [0.25, 0.3) is 0 Å². The largest absolute Gasteiger partial charge is 0.481 e. The Labute approximate surface area is 122 Å². The van der Waals surface area contributed by atoms with E-state index >= 15 is 0 Å². The van der Waals surface area contributed by atoms with Gasteiger partial charge in [-0.3, -0.25) is 9.59 Å². The third-order valence-electron chi connectivity index (χ3n) is 3.26. The number of carboxylic acids is 1. The fraction of sp³-hybridized carbons (Fsp3) is 0.176. The molecule has 108 valence electrons. The Morgan fingerprint density at radius 1 is 1.00 bits per heavy atom. The lowest BCUT2D eigenvalue weighted by Gasteiger charge is -2.14. The molecule has 0 bridgehead atoms. The standard InChI is InChI=1S/C17H15FO3/c18-14-8-6-12(7-9-14)10-16(19)15(11-17(20)21)13-4-2-1-3-5-13/h1-9,15H,10-11H2,(H,20,21). The number of carbonyl (C=O) groups excluding carboxylic acids is 1. The molecule has 0 aromatic heterocycles. The second-order valence-electron chi connectivity index (χ2n) is 4.83. The van der Waals surface area contributed by atoms with Crippen molar-refractivity contribution >= 4 is 11.8 Å². The fourth-order valence-corrected chi connectivity index (χ4v) is 2.20. The second kappa shape index (κ2) is 6.79. The zero-order valence-electron chi connectivity index (χ0n) is 11.3. The van der Waals surface area contributed by atoms with Crippen LogP contribution >= 0.6 is 0 Å². The minimum Gasteiger partial charge on any atom is -0.481 e. The number of benzene rings is 2. The van der Waals surface area contributed by atoms with Crippen LogP contribution in [0.15, 0.2) is 54.6 Å². The molecule has 0 radical (unpaired) electrons. The molecule has 0 amide bonds. The summed E-state index contributed by atoms with van der Waals surface area (Å²) in [6, 6.07) is 14.5. The Balaban J connectivity index is 2.18. The summed E-state index contributed by atoms with van der Waals surface area (Å²) in [5.74, 6) is -2.25. The molecule has 2 aromatic rings. The van der Waals surface area contributed by atoms with E-state index in [0.29, 0.717) is 11.1 Å². The van der Waals surface area contributed by atoms with Gasteiger partial charge in [-0.1, -0.05) is 42.5 Å². The van der Waals surface area contributed by atoms with E-state index in [-0.39, 0.29) is 24.4 Å². The van der Waals surface area contributed by atoms with Crippen LogP contribution in [-0.4, -0.2) is 16.9 Å². The monoisotopic (exact) mass is 286 g/mol. The van der Waals surface area contributed by atoms with Gasteiger partial charge in [-0.15, -0.1) is 0 Å². The first kappa shape index (κ1) is 14.9. The van der Waals surface area contributed by atoms with Gasteiger partial charge < -0.3 is 5.11 Å². The van der Waals surface area contributed by atoms with Gasteiger partial charge in [0.15, 0.2) is 0 Å². The van der Waals surface area contributed by atoms with Crippen molar-refractivity contribution in [3.63, 3.8) is 0 Å². The molecule has 0 fully saturated rings. The number of carbonyl (C=O) groups is 2. The molecule has 0 aliphatic heterocycles. The number of Topliss-reactive ketones (excluding diaryl/α,β-unsaturated/α-hetero) is 1. The van der Waals surface area contributed by atoms with Gasteiger partial charge >= 0.3 is 5.97 Å². The number of halogens is 1. The average Bonchev–Trinajstić information content (AvgIpc) is 2.48. The van der Waals surface area contributed by atoms with E-state index < -0.39 is 11.9 Å². The van der Waals surface area contributed by atoms with Gasteiger partial charge in [0, 0.05) is 6.42 Å². The van der Waals surface area contributed by atoms with Crippen molar-refractivity contribution in [2.45, 2.75) is 18.8 Å². The summed E-state index contributed by atoms with van der Waals surface area (Å²) in [5.41, 5.74) is 1.36. The van der Waals surface area contributed by atoms with Crippen LogP contribution < -0.4 is 0 Å². The smallest absolute Gasteiger partial charge is 0.304 e. The molecule has 3 nitrogen and oxygen atoms in total. The van der Waals surface area contributed by atoms with Crippen molar-refractivity contribution in [2.75, 3.05) is 0 Å². The maximum atomic E-state index is 12.9. The number of rotatable bonds is 6. The molecule has 4 heteroatoms. The number of carboxylic acid groups (broad SMARTS) is 1. The number of ketones is 1. The molecule has 1 unspecified atom stereocenters. The number of hydrogen-bond acceptors (Lipinski definition) is 2. The zero-order chi connectivity index (χ0) is 15.2. The van der Waals surface area contributed by atoms with E-state index in [1.807, 2.05) is 6.07 Å². The molecular formula is C17H15FO3.